The lowest BCUT2D eigenvalue weighted by atomic mass is 9.95. The van der Waals surface area contributed by atoms with E-state index >= 15 is 0 Å². The van der Waals surface area contributed by atoms with Gasteiger partial charge in [0.25, 0.3) is 11.8 Å². The number of imide groups is 2. The second-order valence-electron chi connectivity index (χ2n) is 7.78. The third-order valence-corrected chi connectivity index (χ3v) is 5.84. The molecule has 2 fully saturated rings. The van der Waals surface area contributed by atoms with Crippen molar-refractivity contribution in [1.82, 2.24) is 14.8 Å². The number of nitrogens with zero attached hydrogens (tertiary/aromatic N) is 2. The lowest BCUT2D eigenvalue weighted by Crippen LogP contribution is -2.53. The quantitative estimate of drug-likeness (QED) is 0.629. The van der Waals surface area contributed by atoms with Crippen molar-refractivity contribution in [3.05, 3.63) is 52.7 Å². The molecule has 29 heavy (non-hydrogen) atoms. The van der Waals surface area contributed by atoms with Gasteiger partial charge in [0.15, 0.2) is 0 Å². The molecule has 7 heteroatoms. The number of hydrogen-bond donors (Lipinski definition) is 1. The molecule has 2 aromatic heterocycles. The van der Waals surface area contributed by atoms with Gasteiger partial charge in [0, 0.05) is 17.4 Å². The maximum absolute atomic E-state index is 12.9. The maximum atomic E-state index is 12.9. The number of hydrogen-bond acceptors (Lipinski definition) is 4. The van der Waals surface area contributed by atoms with Crippen LogP contribution in [0.25, 0.3) is 6.08 Å². The van der Waals surface area contributed by atoms with Crippen LogP contribution in [-0.2, 0) is 16.1 Å². The number of barbiturate groups is 1. The van der Waals surface area contributed by atoms with Crippen molar-refractivity contribution >= 4 is 23.9 Å². The SMILES string of the molecule is Cc1cc(/C=C2\C(=O)NC(=O)N(Cc3ccco3)C2=O)c(C)n1C1CCCCC1. The van der Waals surface area contributed by atoms with E-state index in [1.165, 1.54) is 25.5 Å². The molecule has 0 spiro atoms. The van der Waals surface area contributed by atoms with Gasteiger partial charge < -0.3 is 8.98 Å². The van der Waals surface area contributed by atoms with Crippen LogP contribution in [0.1, 0.15) is 60.9 Å². The first-order chi connectivity index (χ1) is 14.0. The van der Waals surface area contributed by atoms with Gasteiger partial charge in [0.1, 0.15) is 11.3 Å². The summed E-state index contributed by atoms with van der Waals surface area (Å²) in [4.78, 5) is 38.5. The largest absolute Gasteiger partial charge is 0.467 e. The van der Waals surface area contributed by atoms with E-state index in [4.69, 9.17) is 4.42 Å². The molecule has 2 aromatic rings. The van der Waals surface area contributed by atoms with Crippen LogP contribution in [0, 0.1) is 13.8 Å². The lowest BCUT2D eigenvalue weighted by Gasteiger charge is -2.27. The van der Waals surface area contributed by atoms with Crippen molar-refractivity contribution in [2.24, 2.45) is 0 Å². The molecule has 1 aliphatic heterocycles. The number of aromatic nitrogens is 1. The first kappa shape index (κ1) is 19.2. The second kappa shape index (κ2) is 7.73. The Balaban J connectivity index is 1.65. The van der Waals surface area contributed by atoms with Gasteiger partial charge in [-0.25, -0.2) is 4.79 Å². The highest BCUT2D eigenvalue weighted by molar-refractivity contribution is 6.31. The number of carbonyl (C=O) groups excluding carboxylic acids is 3. The van der Waals surface area contributed by atoms with Crippen molar-refractivity contribution in [3.63, 3.8) is 0 Å². The zero-order valence-corrected chi connectivity index (χ0v) is 16.7. The first-order valence-corrected chi connectivity index (χ1v) is 10.1. The molecule has 4 amide bonds. The van der Waals surface area contributed by atoms with E-state index in [0.717, 1.165) is 34.7 Å². The molecule has 1 N–H and O–H groups in total. The molecular weight excluding hydrogens is 370 g/mol. The fourth-order valence-electron chi connectivity index (χ4n) is 4.40. The van der Waals surface area contributed by atoms with Crippen LogP contribution >= 0.6 is 0 Å². The number of nitrogens with one attached hydrogen (secondary N) is 1. The van der Waals surface area contributed by atoms with Crippen molar-refractivity contribution < 1.29 is 18.8 Å². The summed E-state index contributed by atoms with van der Waals surface area (Å²) in [5, 5.41) is 2.26. The highest BCUT2D eigenvalue weighted by Crippen LogP contribution is 2.33. The van der Waals surface area contributed by atoms with E-state index in [1.54, 1.807) is 18.2 Å². The molecule has 2 aliphatic rings. The molecule has 0 unspecified atom stereocenters. The first-order valence-electron chi connectivity index (χ1n) is 10.1. The van der Waals surface area contributed by atoms with Gasteiger partial charge in [0.05, 0.1) is 12.8 Å². The minimum Gasteiger partial charge on any atom is -0.467 e. The van der Waals surface area contributed by atoms with Crippen LogP contribution in [0.5, 0.6) is 0 Å². The van der Waals surface area contributed by atoms with Crippen LogP contribution in [-0.4, -0.2) is 27.3 Å². The second-order valence-corrected chi connectivity index (χ2v) is 7.78. The standard InChI is InChI=1S/C22H25N3O4/c1-14-11-16(15(2)25(14)17-7-4-3-5-8-17)12-19-20(26)23-22(28)24(21(19)27)13-18-9-6-10-29-18/h6,9-12,17H,3-5,7-8,13H2,1-2H3,(H,23,26,28)/b19-12+. The number of urea groups is 1. The summed E-state index contributed by atoms with van der Waals surface area (Å²) in [6, 6.07) is 5.09. The average Bonchev–Trinajstić information content (AvgIpc) is 3.30. The van der Waals surface area contributed by atoms with Crippen molar-refractivity contribution in [3.8, 4) is 0 Å². The van der Waals surface area contributed by atoms with Crippen LogP contribution in [0.15, 0.2) is 34.5 Å². The number of carbonyl (C=O) groups is 3. The van der Waals surface area contributed by atoms with Crippen molar-refractivity contribution in [2.45, 2.75) is 58.5 Å². The van der Waals surface area contributed by atoms with Gasteiger partial charge in [-0.05, 0) is 56.5 Å². The average molecular weight is 395 g/mol. The van der Waals surface area contributed by atoms with Gasteiger partial charge in [-0.3, -0.25) is 19.8 Å². The van der Waals surface area contributed by atoms with Crippen LogP contribution < -0.4 is 5.32 Å². The molecule has 1 aliphatic carbocycles. The van der Waals surface area contributed by atoms with E-state index in [1.807, 2.05) is 13.0 Å². The maximum Gasteiger partial charge on any atom is 0.331 e. The molecule has 1 saturated carbocycles. The van der Waals surface area contributed by atoms with Gasteiger partial charge in [-0.15, -0.1) is 0 Å². The summed E-state index contributed by atoms with van der Waals surface area (Å²) in [6.07, 6.45) is 9.10. The number of furan rings is 1. The Bertz CT molecular complexity index is 978. The molecule has 0 radical (unpaired) electrons. The highest BCUT2D eigenvalue weighted by atomic mass is 16.3. The van der Waals surface area contributed by atoms with Gasteiger partial charge >= 0.3 is 6.03 Å². The summed E-state index contributed by atoms with van der Waals surface area (Å²) < 4.78 is 7.56. The van der Waals surface area contributed by atoms with Gasteiger partial charge in [-0.2, -0.15) is 0 Å². The summed E-state index contributed by atoms with van der Waals surface area (Å²) >= 11 is 0. The molecular formula is C22H25N3O4. The topological polar surface area (TPSA) is 84.6 Å². The van der Waals surface area contributed by atoms with E-state index in [0.29, 0.717) is 11.8 Å². The van der Waals surface area contributed by atoms with Crippen LogP contribution in [0.3, 0.4) is 0 Å². The van der Waals surface area contributed by atoms with Crippen LogP contribution in [0.2, 0.25) is 0 Å². The summed E-state index contributed by atoms with van der Waals surface area (Å²) in [7, 11) is 0. The Morgan fingerprint density at radius 3 is 2.62 bits per heavy atom. The molecule has 0 aromatic carbocycles. The lowest BCUT2D eigenvalue weighted by molar-refractivity contribution is -0.130. The number of rotatable bonds is 4. The molecule has 4 rings (SSSR count). The van der Waals surface area contributed by atoms with Gasteiger partial charge in [-0.1, -0.05) is 19.3 Å². The van der Waals surface area contributed by atoms with E-state index in [-0.39, 0.29) is 12.1 Å². The fraction of sp³-hybridized carbons (Fsp3) is 0.409. The minimum atomic E-state index is -0.735. The van der Waals surface area contributed by atoms with Crippen molar-refractivity contribution in [1.29, 1.82) is 0 Å². The third-order valence-electron chi connectivity index (χ3n) is 5.84. The zero-order valence-electron chi connectivity index (χ0n) is 16.7. The highest BCUT2D eigenvalue weighted by Gasteiger charge is 2.36. The minimum absolute atomic E-state index is 0.0244. The summed E-state index contributed by atoms with van der Waals surface area (Å²) in [5.41, 5.74) is 2.95. The molecule has 0 bridgehead atoms. The molecule has 7 nitrogen and oxygen atoms in total. The Kier molecular flexibility index (Phi) is 5.13. The molecule has 0 atom stereocenters. The summed E-state index contributed by atoms with van der Waals surface area (Å²) in [5.74, 6) is -0.812. The smallest absolute Gasteiger partial charge is 0.331 e. The Hall–Kier alpha value is -3.09. The molecule has 1 saturated heterocycles. The Morgan fingerprint density at radius 2 is 1.93 bits per heavy atom. The van der Waals surface area contributed by atoms with Gasteiger partial charge in [0.2, 0.25) is 0 Å². The fourth-order valence-corrected chi connectivity index (χ4v) is 4.40. The third kappa shape index (κ3) is 3.64. The number of aryl methyl sites for hydroxylation is 1. The molecule has 152 valence electrons. The molecule has 3 heterocycles. The predicted octanol–water partition coefficient (Wildman–Crippen LogP) is 3.87. The van der Waals surface area contributed by atoms with E-state index in [9.17, 15) is 14.4 Å². The van der Waals surface area contributed by atoms with Crippen molar-refractivity contribution in [2.75, 3.05) is 0 Å². The normalized spacial score (nSPS) is 19.9. The monoisotopic (exact) mass is 395 g/mol. The summed E-state index contributed by atoms with van der Waals surface area (Å²) in [6.45, 7) is 4.05. The predicted molar refractivity (Wildman–Crippen MR) is 107 cm³/mol. The van der Waals surface area contributed by atoms with E-state index < -0.39 is 17.8 Å². The zero-order chi connectivity index (χ0) is 20.5. The Morgan fingerprint density at radius 1 is 1.17 bits per heavy atom. The van der Waals surface area contributed by atoms with Crippen LogP contribution in [0.4, 0.5) is 4.79 Å². The Labute approximate surface area is 169 Å². The van der Waals surface area contributed by atoms with E-state index in [2.05, 4.69) is 16.8 Å². The number of amides is 4.